The quantitative estimate of drug-likeness (QED) is 0.170. The first kappa shape index (κ1) is 46.5. The number of esters is 3. The van der Waals surface area contributed by atoms with Crippen LogP contribution < -0.4 is 5.32 Å². The molecule has 0 radical (unpaired) electrons. The number of ether oxygens (including phenoxy) is 7. The molecule has 1 aromatic carbocycles. The van der Waals surface area contributed by atoms with Crippen LogP contribution in [0.3, 0.4) is 0 Å². The molecular weight excluding hydrogens is 822 g/mol. The number of halogens is 1. The van der Waals surface area contributed by atoms with Gasteiger partial charge in [-0.15, -0.1) is 0 Å². The van der Waals surface area contributed by atoms with Gasteiger partial charge in [0.25, 0.3) is 0 Å². The molecule has 1 aromatic heterocycles. The molecule has 2 aromatic rings. The number of alkyl carbamates (subject to hydrolysis) is 1. The lowest BCUT2D eigenvalue weighted by Gasteiger charge is -2.68. The number of fused-ring (bicyclic) bond motifs is 8. The number of nitrogens with zero attached hydrogens (tertiary/aromatic N) is 2. The maximum Gasteiger partial charge on any atom is 0.408 e. The van der Waals surface area contributed by atoms with Gasteiger partial charge in [-0.3, -0.25) is 9.78 Å². The van der Waals surface area contributed by atoms with Crippen molar-refractivity contribution in [3.63, 3.8) is 0 Å². The lowest BCUT2D eigenvalue weighted by molar-refractivity contribution is -0.345. The average Bonchev–Trinajstić information content (AvgIpc) is 3.59. The van der Waals surface area contributed by atoms with Crippen LogP contribution in [0, 0.1) is 22.6 Å². The number of hydrogen-bond acceptors (Lipinski definition) is 15. The first-order chi connectivity index (χ1) is 29.4. The number of nitrogens with one attached hydrogen (secondary N) is 1. The van der Waals surface area contributed by atoms with Gasteiger partial charge in [-0.25, -0.2) is 18.8 Å². The monoisotopic (exact) mass is 881 g/mol. The van der Waals surface area contributed by atoms with Crippen molar-refractivity contribution < 1.29 is 66.9 Å². The van der Waals surface area contributed by atoms with E-state index in [-0.39, 0.29) is 12.2 Å². The van der Waals surface area contributed by atoms with Gasteiger partial charge in [0.2, 0.25) is 0 Å². The largest absolute Gasteiger partial charge is 0.456 e. The molecule has 0 spiro atoms. The van der Waals surface area contributed by atoms with Gasteiger partial charge in [0, 0.05) is 36.9 Å². The summed E-state index contributed by atoms with van der Waals surface area (Å²) in [5, 5.41) is 28.0. The summed E-state index contributed by atoms with van der Waals surface area (Å²) in [5.41, 5.74) is -6.14. The van der Waals surface area contributed by atoms with E-state index in [1.54, 1.807) is 71.9 Å². The molecule has 63 heavy (non-hydrogen) atoms. The normalized spacial score (nSPS) is 34.1. The molecule has 7 rings (SSSR count). The van der Waals surface area contributed by atoms with Crippen LogP contribution in [-0.2, 0) is 42.7 Å². The highest BCUT2D eigenvalue weighted by molar-refractivity contribution is 5.89. The fraction of sp³-hybridized carbons (Fsp3) is 0.630. The van der Waals surface area contributed by atoms with Gasteiger partial charge in [0.05, 0.1) is 24.2 Å². The number of pyridine rings is 1. The third-order valence-corrected chi connectivity index (χ3v) is 13.6. The lowest BCUT2D eigenvalue weighted by Crippen LogP contribution is -2.79. The number of carbonyl (C=O) groups is 4. The first-order valence-corrected chi connectivity index (χ1v) is 21.4. The zero-order valence-corrected chi connectivity index (χ0v) is 37.5. The van der Waals surface area contributed by atoms with E-state index in [1.165, 1.54) is 19.2 Å². The summed E-state index contributed by atoms with van der Waals surface area (Å²) in [6, 6.07) is 8.88. The Morgan fingerprint density at radius 2 is 1.75 bits per heavy atom. The maximum absolute atomic E-state index is 15.3. The number of rotatable bonds is 10. The number of hydrogen-bond donors (Lipinski definition) is 3. The van der Waals surface area contributed by atoms with Gasteiger partial charge in [-0.2, -0.15) is 0 Å². The second-order valence-corrected chi connectivity index (χ2v) is 19.6. The van der Waals surface area contributed by atoms with Gasteiger partial charge in [0.15, 0.2) is 18.0 Å². The summed E-state index contributed by atoms with van der Waals surface area (Å²) in [7, 11) is 3.75. The van der Waals surface area contributed by atoms with E-state index in [2.05, 4.69) is 10.3 Å². The predicted molar refractivity (Wildman–Crippen MR) is 221 cm³/mol. The van der Waals surface area contributed by atoms with E-state index < -0.39 is 124 Å². The Labute approximate surface area is 366 Å². The van der Waals surface area contributed by atoms with Crippen LogP contribution in [0.4, 0.5) is 9.18 Å². The van der Waals surface area contributed by atoms with Gasteiger partial charge in [-0.05, 0) is 90.0 Å². The van der Waals surface area contributed by atoms with Gasteiger partial charge in [0.1, 0.15) is 53.2 Å². The van der Waals surface area contributed by atoms with Crippen molar-refractivity contribution in [3.05, 3.63) is 76.9 Å². The Kier molecular flexibility index (Phi) is 12.4. The van der Waals surface area contributed by atoms with E-state index in [0.29, 0.717) is 30.5 Å². The maximum atomic E-state index is 15.3. The van der Waals surface area contributed by atoms with Crippen LogP contribution in [0.2, 0.25) is 0 Å². The molecule has 2 aliphatic heterocycles. The molecule has 1 amide bonds. The van der Waals surface area contributed by atoms with E-state index in [1.807, 2.05) is 25.9 Å². The van der Waals surface area contributed by atoms with Gasteiger partial charge in [-0.1, -0.05) is 39.0 Å². The summed E-state index contributed by atoms with van der Waals surface area (Å²) in [5.74, 6) is -4.55. The molecule has 2 saturated carbocycles. The molecule has 3 heterocycles. The second kappa shape index (κ2) is 16.8. The molecule has 16 nitrogen and oxygen atoms in total. The number of likely N-dealkylation sites (N-methyl/N-ethyl adjacent to an activating group) is 1. The molecule has 3 aliphatic carbocycles. The molecule has 17 heteroatoms. The molecule has 5 aliphatic rings. The van der Waals surface area contributed by atoms with Crippen LogP contribution in [-0.4, -0.2) is 131 Å². The van der Waals surface area contributed by atoms with Crippen molar-refractivity contribution in [1.29, 1.82) is 0 Å². The fourth-order valence-corrected chi connectivity index (χ4v) is 10.8. The Bertz CT molecular complexity index is 2130. The summed E-state index contributed by atoms with van der Waals surface area (Å²) in [6.07, 6.45) is -7.45. The standard InChI is InChI=1S/C46H60FN3O13/c1-24-28(58-40(54)34(52)33(32-27(47)17-14-20-48-32)49-41(55)63-42(3,4)5)21-46(56)38(61-39(53)26-15-12-11-13-16-26)36-44(8,19-18-29-45(36,23-57-29)62-25(2)51)37-35(31(24)43(46,6)7)59-30(60-37)22-50(9)10/h11-17,20,28-30,33-38,52,56H,18-19,21-23H2,1-10H3,(H,49,55)/t28?,29?,30?,33?,34?,35?,36?,37?,38?,44-,45+,46-/m1/s1. The van der Waals surface area contributed by atoms with Gasteiger partial charge >= 0.3 is 24.0 Å². The number of aromatic nitrogens is 1. The number of aliphatic hydroxyl groups is 2. The highest BCUT2D eigenvalue weighted by Crippen LogP contribution is 2.66. The van der Waals surface area contributed by atoms with Crippen molar-refractivity contribution in [2.75, 3.05) is 27.2 Å². The minimum absolute atomic E-state index is 0.0603. The number of amides is 1. The minimum atomic E-state index is -2.24. The van der Waals surface area contributed by atoms with Crippen molar-refractivity contribution in [2.24, 2.45) is 16.7 Å². The minimum Gasteiger partial charge on any atom is -0.456 e. The Morgan fingerprint density at radius 3 is 2.35 bits per heavy atom. The predicted octanol–water partition coefficient (Wildman–Crippen LogP) is 4.56. The molecule has 344 valence electrons. The zero-order chi connectivity index (χ0) is 46.0. The Hall–Kier alpha value is -4.52. The molecule has 4 fully saturated rings. The van der Waals surface area contributed by atoms with Crippen molar-refractivity contribution in [3.8, 4) is 0 Å². The lowest BCUT2D eigenvalue weighted by atomic mass is 9.45. The summed E-state index contributed by atoms with van der Waals surface area (Å²) < 4.78 is 59.7. The molecule has 2 bridgehead atoms. The van der Waals surface area contributed by atoms with Crippen LogP contribution in [0.25, 0.3) is 0 Å². The van der Waals surface area contributed by atoms with E-state index in [9.17, 15) is 29.4 Å². The highest BCUT2D eigenvalue weighted by atomic mass is 19.1. The van der Waals surface area contributed by atoms with Crippen molar-refractivity contribution >= 4 is 24.0 Å². The SMILES string of the molecule is CC(=O)O[C@@]12COC1CC[C@@]1(C)C3OC(CN(C)C)OC3C3=C(C)C(OC(=O)C(O)C(NC(=O)OC(C)(C)C)c4ncccc4F)C[C@@](O)(C(OC(=O)c4ccccc4)C12)C3(C)C. The summed E-state index contributed by atoms with van der Waals surface area (Å²) in [6.45, 7) is 13.7. The number of benzene rings is 1. The number of carbonyl (C=O) groups excluding carboxylic acids is 4. The van der Waals surface area contributed by atoms with Crippen LogP contribution >= 0.6 is 0 Å². The molecule has 9 unspecified atom stereocenters. The summed E-state index contributed by atoms with van der Waals surface area (Å²) >= 11 is 0. The van der Waals surface area contributed by atoms with Crippen LogP contribution in [0.5, 0.6) is 0 Å². The summed E-state index contributed by atoms with van der Waals surface area (Å²) in [4.78, 5) is 60.9. The van der Waals surface area contributed by atoms with E-state index in [4.69, 9.17) is 33.2 Å². The molecular formula is C46H60FN3O13. The first-order valence-electron chi connectivity index (χ1n) is 21.4. The van der Waals surface area contributed by atoms with Crippen LogP contribution in [0.15, 0.2) is 59.8 Å². The second-order valence-electron chi connectivity index (χ2n) is 19.6. The molecule has 12 atom stereocenters. The molecule has 3 N–H and O–H groups in total. The number of aliphatic hydroxyl groups excluding tert-OH is 1. The van der Waals surface area contributed by atoms with E-state index in [0.717, 1.165) is 6.07 Å². The smallest absolute Gasteiger partial charge is 0.408 e. The average molecular weight is 882 g/mol. The molecule has 2 saturated heterocycles. The van der Waals surface area contributed by atoms with Crippen LogP contribution in [0.1, 0.15) is 96.7 Å². The third-order valence-electron chi connectivity index (χ3n) is 13.6. The van der Waals surface area contributed by atoms with Crippen molar-refractivity contribution in [1.82, 2.24) is 15.2 Å². The van der Waals surface area contributed by atoms with Gasteiger partial charge < -0.3 is 53.6 Å². The zero-order valence-electron chi connectivity index (χ0n) is 37.5. The van der Waals surface area contributed by atoms with Crippen molar-refractivity contribution in [2.45, 2.75) is 140 Å². The third kappa shape index (κ3) is 8.25. The fourth-order valence-electron chi connectivity index (χ4n) is 10.8. The highest BCUT2D eigenvalue weighted by Gasteiger charge is 2.77. The van der Waals surface area contributed by atoms with E-state index >= 15 is 4.39 Å². The topological polar surface area (TPSA) is 202 Å². The Morgan fingerprint density at radius 1 is 1.05 bits per heavy atom. The Balaban J connectivity index is 1.38.